The van der Waals surface area contributed by atoms with E-state index in [-0.39, 0.29) is 12.7 Å². The van der Waals surface area contributed by atoms with Gasteiger partial charge >= 0.3 is 0 Å². The van der Waals surface area contributed by atoms with Gasteiger partial charge in [-0.2, -0.15) is 0 Å². The maximum Gasteiger partial charge on any atom is 0.108 e. The first-order valence-electron chi connectivity index (χ1n) is 9.41. The van der Waals surface area contributed by atoms with Crippen molar-refractivity contribution in [3.63, 3.8) is 0 Å². The Morgan fingerprint density at radius 3 is 2.50 bits per heavy atom. The third kappa shape index (κ3) is 6.89. The van der Waals surface area contributed by atoms with Crippen LogP contribution in [0.3, 0.4) is 0 Å². The van der Waals surface area contributed by atoms with Gasteiger partial charge in [0.15, 0.2) is 0 Å². The van der Waals surface area contributed by atoms with Gasteiger partial charge in [0.05, 0.1) is 12.7 Å². The molecule has 2 rings (SSSR count). The van der Waals surface area contributed by atoms with Crippen molar-refractivity contribution < 1.29 is 14.6 Å². The smallest absolute Gasteiger partial charge is 0.108 e. The van der Waals surface area contributed by atoms with Crippen molar-refractivity contribution in [2.75, 3.05) is 32.9 Å². The van der Waals surface area contributed by atoms with E-state index in [1.165, 1.54) is 5.56 Å². The van der Waals surface area contributed by atoms with Gasteiger partial charge in [0, 0.05) is 19.8 Å². The fourth-order valence-corrected chi connectivity index (χ4v) is 2.85. The van der Waals surface area contributed by atoms with Gasteiger partial charge in [0.1, 0.15) is 6.10 Å². The van der Waals surface area contributed by atoms with E-state index in [9.17, 15) is 5.11 Å². The third-order valence-corrected chi connectivity index (χ3v) is 4.25. The summed E-state index contributed by atoms with van der Waals surface area (Å²) in [4.78, 5) is 0. The maximum absolute atomic E-state index is 10.2. The van der Waals surface area contributed by atoms with Crippen LogP contribution in [0.5, 0.6) is 0 Å². The minimum Gasteiger partial charge on any atom is -0.389 e. The lowest BCUT2D eigenvalue weighted by molar-refractivity contribution is 0.00626. The predicted molar refractivity (Wildman–Crippen MR) is 105 cm³/mol. The molecule has 0 aliphatic carbocycles. The van der Waals surface area contributed by atoms with Crippen molar-refractivity contribution in [1.82, 2.24) is 5.32 Å². The van der Waals surface area contributed by atoms with Crippen LogP contribution in [0.15, 0.2) is 54.6 Å². The maximum atomic E-state index is 10.2. The van der Waals surface area contributed by atoms with Crippen LogP contribution in [0, 0.1) is 6.92 Å². The van der Waals surface area contributed by atoms with E-state index >= 15 is 0 Å². The van der Waals surface area contributed by atoms with Crippen LogP contribution >= 0.6 is 0 Å². The van der Waals surface area contributed by atoms with Crippen LogP contribution in [0.1, 0.15) is 36.1 Å². The van der Waals surface area contributed by atoms with E-state index in [0.29, 0.717) is 6.54 Å². The van der Waals surface area contributed by atoms with Crippen LogP contribution in [0.25, 0.3) is 0 Å². The van der Waals surface area contributed by atoms with Gasteiger partial charge in [0.25, 0.3) is 0 Å². The molecule has 0 amide bonds. The summed E-state index contributed by atoms with van der Waals surface area (Å²) in [6.45, 7) is 7.21. The topological polar surface area (TPSA) is 50.7 Å². The molecule has 0 spiro atoms. The Kier molecular flexibility index (Phi) is 9.35. The fourth-order valence-electron chi connectivity index (χ4n) is 2.85. The summed E-state index contributed by atoms with van der Waals surface area (Å²) in [5, 5.41) is 13.5. The van der Waals surface area contributed by atoms with E-state index in [2.05, 4.69) is 36.5 Å². The predicted octanol–water partition coefficient (Wildman–Crippen LogP) is 3.48. The average molecular weight is 357 g/mol. The van der Waals surface area contributed by atoms with Crippen LogP contribution in [0.4, 0.5) is 0 Å². The summed E-state index contributed by atoms with van der Waals surface area (Å²) in [6, 6.07) is 18.4. The number of hydrogen-bond donors (Lipinski definition) is 2. The fraction of sp³-hybridized carbons (Fsp3) is 0.455. The summed E-state index contributed by atoms with van der Waals surface area (Å²) in [7, 11) is 0. The molecule has 0 aliphatic heterocycles. The zero-order valence-corrected chi connectivity index (χ0v) is 15.9. The molecule has 2 aromatic rings. The molecule has 26 heavy (non-hydrogen) atoms. The Morgan fingerprint density at radius 2 is 1.77 bits per heavy atom. The van der Waals surface area contributed by atoms with Crippen LogP contribution < -0.4 is 5.32 Å². The molecule has 0 heterocycles. The highest BCUT2D eigenvalue weighted by atomic mass is 16.5. The van der Waals surface area contributed by atoms with Crippen molar-refractivity contribution in [1.29, 1.82) is 0 Å². The molecule has 0 aliphatic rings. The summed E-state index contributed by atoms with van der Waals surface area (Å²) in [5.41, 5.74) is 3.42. The summed E-state index contributed by atoms with van der Waals surface area (Å²) >= 11 is 0. The van der Waals surface area contributed by atoms with Gasteiger partial charge in [-0.25, -0.2) is 0 Å². The van der Waals surface area contributed by atoms with Crippen LogP contribution in [0.2, 0.25) is 0 Å². The zero-order valence-electron chi connectivity index (χ0n) is 15.9. The van der Waals surface area contributed by atoms with Crippen LogP contribution in [-0.4, -0.2) is 44.1 Å². The number of rotatable bonds is 12. The SMILES string of the molecule is CCOCCCNC[C@H](O)CO[C@H](c1ccccc1)c1ccccc1C. The molecule has 0 saturated carbocycles. The lowest BCUT2D eigenvalue weighted by atomic mass is 9.97. The number of nitrogens with one attached hydrogen (secondary N) is 1. The second-order valence-electron chi connectivity index (χ2n) is 6.39. The summed E-state index contributed by atoms with van der Waals surface area (Å²) in [5.74, 6) is 0. The third-order valence-electron chi connectivity index (χ3n) is 4.25. The van der Waals surface area contributed by atoms with E-state index < -0.39 is 6.10 Å². The molecule has 142 valence electrons. The van der Waals surface area contributed by atoms with Gasteiger partial charge < -0.3 is 19.9 Å². The number of benzene rings is 2. The molecule has 0 bridgehead atoms. The van der Waals surface area contributed by atoms with Gasteiger partial charge in [-0.1, -0.05) is 54.6 Å². The monoisotopic (exact) mass is 357 g/mol. The number of hydrogen-bond acceptors (Lipinski definition) is 4. The molecule has 0 saturated heterocycles. The van der Waals surface area contributed by atoms with Crippen molar-refractivity contribution >= 4 is 0 Å². The zero-order chi connectivity index (χ0) is 18.6. The molecule has 0 aromatic heterocycles. The molecular weight excluding hydrogens is 326 g/mol. The number of aryl methyl sites for hydroxylation is 1. The molecular formula is C22H31NO3. The molecule has 0 radical (unpaired) electrons. The van der Waals surface area contributed by atoms with E-state index in [1.54, 1.807) is 0 Å². The van der Waals surface area contributed by atoms with E-state index in [0.717, 1.165) is 37.3 Å². The lowest BCUT2D eigenvalue weighted by Crippen LogP contribution is -2.32. The van der Waals surface area contributed by atoms with Crippen molar-refractivity contribution in [3.05, 3.63) is 71.3 Å². The minimum absolute atomic E-state index is 0.176. The molecule has 0 fully saturated rings. The minimum atomic E-state index is -0.544. The Balaban J connectivity index is 1.89. The van der Waals surface area contributed by atoms with Crippen molar-refractivity contribution in [2.24, 2.45) is 0 Å². The van der Waals surface area contributed by atoms with E-state index in [1.807, 2.05) is 37.3 Å². The Labute approximate surface area is 157 Å². The Bertz CT molecular complexity index is 618. The largest absolute Gasteiger partial charge is 0.389 e. The van der Waals surface area contributed by atoms with Crippen molar-refractivity contribution in [2.45, 2.75) is 32.5 Å². The number of ether oxygens (including phenoxy) is 2. The lowest BCUT2D eigenvalue weighted by Gasteiger charge is -2.22. The van der Waals surface area contributed by atoms with E-state index in [4.69, 9.17) is 9.47 Å². The average Bonchev–Trinajstić information content (AvgIpc) is 2.67. The second-order valence-corrected chi connectivity index (χ2v) is 6.39. The first-order valence-corrected chi connectivity index (χ1v) is 9.41. The normalized spacial score (nSPS) is 13.5. The highest BCUT2D eigenvalue weighted by Crippen LogP contribution is 2.28. The molecule has 4 nitrogen and oxygen atoms in total. The molecule has 2 aromatic carbocycles. The Hall–Kier alpha value is -1.72. The summed E-state index contributed by atoms with van der Waals surface area (Å²) < 4.78 is 11.4. The highest BCUT2D eigenvalue weighted by molar-refractivity contribution is 5.35. The second kappa shape index (κ2) is 11.8. The quantitative estimate of drug-likeness (QED) is 0.571. The first kappa shape index (κ1) is 20.6. The van der Waals surface area contributed by atoms with Gasteiger partial charge in [-0.3, -0.25) is 0 Å². The van der Waals surface area contributed by atoms with Crippen molar-refractivity contribution in [3.8, 4) is 0 Å². The van der Waals surface area contributed by atoms with Gasteiger partial charge in [-0.15, -0.1) is 0 Å². The molecule has 2 atom stereocenters. The molecule has 2 N–H and O–H groups in total. The van der Waals surface area contributed by atoms with Gasteiger partial charge in [-0.05, 0) is 43.5 Å². The Morgan fingerprint density at radius 1 is 1.04 bits per heavy atom. The number of aliphatic hydroxyl groups is 1. The first-order chi connectivity index (χ1) is 12.7. The number of aliphatic hydroxyl groups excluding tert-OH is 1. The highest BCUT2D eigenvalue weighted by Gasteiger charge is 2.18. The summed E-state index contributed by atoms with van der Waals surface area (Å²) in [6.07, 6.45) is 0.222. The van der Waals surface area contributed by atoms with Crippen LogP contribution in [-0.2, 0) is 9.47 Å². The molecule has 0 unspecified atom stereocenters. The molecule has 4 heteroatoms. The van der Waals surface area contributed by atoms with Gasteiger partial charge in [0.2, 0.25) is 0 Å². The standard InChI is InChI=1S/C22H31NO3/c1-3-25-15-9-14-23-16-20(24)17-26-22(19-11-5-4-6-12-19)21-13-8-7-10-18(21)2/h4-8,10-13,20,22-24H,3,9,14-17H2,1-2H3/t20-,22+/m0/s1.